The lowest BCUT2D eigenvalue weighted by atomic mass is 10.1. The molecule has 0 aliphatic heterocycles. The zero-order valence-corrected chi connectivity index (χ0v) is 14.1. The maximum atomic E-state index is 12.7. The summed E-state index contributed by atoms with van der Waals surface area (Å²) in [5.41, 5.74) is 1.56. The molecule has 0 amide bonds. The smallest absolute Gasteiger partial charge is 0.263 e. The molecule has 0 aliphatic carbocycles. The van der Waals surface area contributed by atoms with Gasteiger partial charge in [-0.3, -0.25) is 4.79 Å². The van der Waals surface area contributed by atoms with Crippen LogP contribution < -0.4 is 14.9 Å². The summed E-state index contributed by atoms with van der Waals surface area (Å²) in [4.78, 5) is 20.1. The normalized spacial score (nSPS) is 10.8. The molecule has 26 heavy (non-hydrogen) atoms. The quantitative estimate of drug-likeness (QED) is 0.608. The van der Waals surface area contributed by atoms with E-state index in [2.05, 4.69) is 15.1 Å². The molecule has 0 fully saturated rings. The van der Waals surface area contributed by atoms with Crippen molar-refractivity contribution in [2.75, 3.05) is 14.2 Å². The number of nitrogens with zero attached hydrogens (tertiary/aromatic N) is 2. The third-order valence-electron chi connectivity index (χ3n) is 4.05. The Morgan fingerprint density at radius 1 is 1.04 bits per heavy atom. The molecule has 0 aliphatic rings. The zero-order valence-electron chi connectivity index (χ0n) is 14.1. The average Bonchev–Trinajstić information content (AvgIpc) is 3.18. The van der Waals surface area contributed by atoms with Crippen molar-refractivity contribution in [3.63, 3.8) is 0 Å². The third-order valence-corrected chi connectivity index (χ3v) is 4.05. The molecule has 0 unspecified atom stereocenters. The lowest BCUT2D eigenvalue weighted by Gasteiger charge is -2.05. The molecular formula is C19H15N3O4. The first kappa shape index (κ1) is 15.9. The summed E-state index contributed by atoms with van der Waals surface area (Å²) in [6.07, 6.45) is 1.58. The minimum atomic E-state index is -0.169. The highest BCUT2D eigenvalue weighted by Crippen LogP contribution is 2.29. The first-order chi connectivity index (χ1) is 12.7. The maximum Gasteiger partial charge on any atom is 0.263 e. The van der Waals surface area contributed by atoms with Crippen LogP contribution in [0.5, 0.6) is 11.5 Å². The predicted molar refractivity (Wildman–Crippen MR) is 96.4 cm³/mol. The van der Waals surface area contributed by atoms with Crippen LogP contribution in [0.4, 0.5) is 0 Å². The van der Waals surface area contributed by atoms with Gasteiger partial charge in [0.1, 0.15) is 17.1 Å². The van der Waals surface area contributed by atoms with E-state index in [0.29, 0.717) is 33.8 Å². The van der Waals surface area contributed by atoms with Crippen molar-refractivity contribution in [2.45, 2.75) is 0 Å². The molecule has 7 nitrogen and oxygen atoms in total. The topological polar surface area (TPSA) is 90.2 Å². The van der Waals surface area contributed by atoms with Gasteiger partial charge in [0, 0.05) is 28.7 Å². The lowest BCUT2D eigenvalue weighted by Crippen LogP contribution is -2.06. The largest absolute Gasteiger partial charge is 0.497 e. The molecule has 2 aromatic carbocycles. The van der Waals surface area contributed by atoms with Crippen molar-refractivity contribution in [1.82, 2.24) is 15.1 Å². The van der Waals surface area contributed by atoms with E-state index in [0.717, 1.165) is 5.52 Å². The monoisotopic (exact) mass is 349 g/mol. The number of benzene rings is 2. The Morgan fingerprint density at radius 3 is 2.50 bits per heavy atom. The van der Waals surface area contributed by atoms with Crippen molar-refractivity contribution in [3.8, 4) is 34.3 Å². The number of H-pyrrole nitrogens is 1. The van der Waals surface area contributed by atoms with Crippen LogP contribution in [0.1, 0.15) is 0 Å². The number of fused-ring (bicyclic) bond motifs is 1. The highest BCUT2D eigenvalue weighted by Gasteiger charge is 2.16. The molecule has 0 saturated heterocycles. The Bertz CT molecular complexity index is 1120. The first-order valence-electron chi connectivity index (χ1n) is 7.87. The maximum absolute atomic E-state index is 12.7. The van der Waals surface area contributed by atoms with Gasteiger partial charge < -0.3 is 19.0 Å². The fourth-order valence-corrected chi connectivity index (χ4v) is 2.71. The second kappa shape index (κ2) is 6.36. The number of hydrogen-bond acceptors (Lipinski definition) is 6. The molecule has 0 saturated carbocycles. The number of rotatable bonds is 4. The van der Waals surface area contributed by atoms with E-state index >= 15 is 0 Å². The number of aromatic nitrogens is 3. The van der Waals surface area contributed by atoms with E-state index in [1.807, 2.05) is 18.2 Å². The SMILES string of the molecule is COc1cc(OC)cc(-c2noc(-c3c[nH]c4ccccc4c3=O)n2)c1. The van der Waals surface area contributed by atoms with Gasteiger partial charge in [-0.1, -0.05) is 17.3 Å². The minimum absolute atomic E-state index is 0.147. The Kier molecular flexibility index (Phi) is 3.89. The van der Waals surface area contributed by atoms with Gasteiger partial charge in [-0.15, -0.1) is 0 Å². The fraction of sp³-hybridized carbons (Fsp3) is 0.105. The number of methoxy groups -OCH3 is 2. The molecule has 0 spiro atoms. The summed E-state index contributed by atoms with van der Waals surface area (Å²) in [6.45, 7) is 0. The number of ether oxygens (including phenoxy) is 2. The van der Waals surface area contributed by atoms with Gasteiger partial charge in [0.25, 0.3) is 5.89 Å². The molecule has 0 radical (unpaired) electrons. The summed E-state index contributed by atoms with van der Waals surface area (Å²) in [5.74, 6) is 1.70. The van der Waals surface area contributed by atoms with Gasteiger partial charge in [-0.2, -0.15) is 4.98 Å². The molecule has 0 bridgehead atoms. The minimum Gasteiger partial charge on any atom is -0.497 e. The van der Waals surface area contributed by atoms with Crippen LogP contribution in [-0.2, 0) is 0 Å². The summed E-state index contributed by atoms with van der Waals surface area (Å²) >= 11 is 0. The molecule has 7 heteroatoms. The second-order valence-corrected chi connectivity index (χ2v) is 5.60. The number of aromatic amines is 1. The van der Waals surface area contributed by atoms with Crippen molar-refractivity contribution in [2.24, 2.45) is 0 Å². The van der Waals surface area contributed by atoms with Gasteiger partial charge in [-0.05, 0) is 24.3 Å². The van der Waals surface area contributed by atoms with Crippen LogP contribution in [0.3, 0.4) is 0 Å². The van der Waals surface area contributed by atoms with E-state index in [9.17, 15) is 4.79 Å². The molecule has 4 aromatic rings. The molecule has 130 valence electrons. The molecule has 1 N–H and O–H groups in total. The van der Waals surface area contributed by atoms with Crippen LogP contribution in [0.15, 0.2) is 58.0 Å². The van der Waals surface area contributed by atoms with Gasteiger partial charge >= 0.3 is 0 Å². The van der Waals surface area contributed by atoms with Gasteiger partial charge in [-0.25, -0.2) is 0 Å². The second-order valence-electron chi connectivity index (χ2n) is 5.60. The Labute approximate surface area is 148 Å². The lowest BCUT2D eigenvalue weighted by molar-refractivity contribution is 0.394. The molecule has 4 rings (SSSR count). The van der Waals surface area contributed by atoms with E-state index in [1.54, 1.807) is 44.7 Å². The Balaban J connectivity index is 1.80. The van der Waals surface area contributed by atoms with Crippen molar-refractivity contribution in [1.29, 1.82) is 0 Å². The van der Waals surface area contributed by atoms with Crippen LogP contribution in [0, 0.1) is 0 Å². The van der Waals surface area contributed by atoms with Crippen molar-refractivity contribution < 1.29 is 14.0 Å². The van der Waals surface area contributed by atoms with Crippen LogP contribution in [0.2, 0.25) is 0 Å². The van der Waals surface area contributed by atoms with Gasteiger partial charge in [0.05, 0.1) is 14.2 Å². The predicted octanol–water partition coefficient (Wildman–Crippen LogP) is 3.26. The van der Waals surface area contributed by atoms with Crippen molar-refractivity contribution >= 4 is 10.9 Å². The molecule has 2 aromatic heterocycles. The van der Waals surface area contributed by atoms with Crippen LogP contribution in [0.25, 0.3) is 33.7 Å². The van der Waals surface area contributed by atoms with Gasteiger partial charge in [0.15, 0.2) is 0 Å². The fourth-order valence-electron chi connectivity index (χ4n) is 2.71. The van der Waals surface area contributed by atoms with E-state index in [-0.39, 0.29) is 11.3 Å². The van der Waals surface area contributed by atoms with Crippen molar-refractivity contribution in [3.05, 3.63) is 58.9 Å². The summed E-state index contributed by atoms with van der Waals surface area (Å²) in [7, 11) is 3.13. The average molecular weight is 349 g/mol. The Morgan fingerprint density at radius 2 is 1.77 bits per heavy atom. The summed E-state index contributed by atoms with van der Waals surface area (Å²) in [6, 6.07) is 12.5. The molecule has 2 heterocycles. The van der Waals surface area contributed by atoms with Crippen LogP contribution in [-0.4, -0.2) is 29.3 Å². The standard InChI is InChI=1S/C19H15N3O4/c1-24-12-7-11(8-13(9-12)25-2)18-21-19(26-22-18)15-10-20-16-6-4-3-5-14(16)17(15)23/h3-10H,1-2H3,(H,20,23). The summed E-state index contributed by atoms with van der Waals surface area (Å²) in [5, 5.41) is 4.55. The summed E-state index contributed by atoms with van der Waals surface area (Å²) < 4.78 is 15.8. The molecular weight excluding hydrogens is 334 g/mol. The third kappa shape index (κ3) is 2.69. The van der Waals surface area contributed by atoms with Gasteiger partial charge in [0.2, 0.25) is 11.3 Å². The number of para-hydroxylation sites is 1. The highest BCUT2D eigenvalue weighted by molar-refractivity contribution is 5.82. The van der Waals surface area contributed by atoms with E-state index < -0.39 is 0 Å². The zero-order chi connectivity index (χ0) is 18.1. The van der Waals surface area contributed by atoms with Crippen LogP contribution >= 0.6 is 0 Å². The Hall–Kier alpha value is -3.61. The highest BCUT2D eigenvalue weighted by atomic mass is 16.5. The number of nitrogens with one attached hydrogen (secondary N) is 1. The van der Waals surface area contributed by atoms with E-state index in [1.165, 1.54) is 0 Å². The number of pyridine rings is 1. The first-order valence-corrected chi connectivity index (χ1v) is 7.87. The number of hydrogen-bond donors (Lipinski definition) is 1. The molecule has 0 atom stereocenters. The van der Waals surface area contributed by atoms with E-state index in [4.69, 9.17) is 14.0 Å².